The van der Waals surface area contributed by atoms with Gasteiger partial charge in [0, 0.05) is 19.3 Å². The first-order chi connectivity index (χ1) is 14.0. The Morgan fingerprint density at radius 3 is 2.37 bits per heavy atom. The van der Waals surface area contributed by atoms with Gasteiger partial charge < -0.3 is 10.6 Å². The van der Waals surface area contributed by atoms with Gasteiger partial charge >= 0.3 is 6.18 Å². The van der Waals surface area contributed by atoms with Gasteiger partial charge in [0.25, 0.3) is 0 Å². The van der Waals surface area contributed by atoms with Crippen molar-refractivity contribution in [3.63, 3.8) is 0 Å². The molecule has 0 aliphatic rings. The van der Waals surface area contributed by atoms with Gasteiger partial charge in [-0.3, -0.25) is 4.99 Å². The fourth-order valence-corrected chi connectivity index (χ4v) is 3.42. The van der Waals surface area contributed by atoms with Crippen molar-refractivity contribution in [3.05, 3.63) is 65.2 Å². The molecule has 0 fully saturated rings. The van der Waals surface area contributed by atoms with E-state index in [-0.39, 0.29) is 10.9 Å². The Hall–Kier alpha value is -2.55. The number of nitrogens with one attached hydrogen (secondary N) is 2. The standard InChI is InChI=1S/C21H26F3N3O2S/c1-4-25-20(26-13-12-16-8-10-19(11-9-16)30(3,28)29)27-15(2)17-6-5-7-18(14-17)21(22,23)24/h5-11,14-15H,4,12-13H2,1-3H3,(H2,25,26,27). The second-order valence-corrected chi connectivity index (χ2v) is 8.93. The van der Waals surface area contributed by atoms with Crippen LogP contribution in [0.5, 0.6) is 0 Å². The van der Waals surface area contributed by atoms with Crippen LogP contribution in [0.4, 0.5) is 13.2 Å². The van der Waals surface area contributed by atoms with Crippen molar-refractivity contribution in [1.82, 2.24) is 10.6 Å². The lowest BCUT2D eigenvalue weighted by Crippen LogP contribution is -2.39. The molecule has 2 aromatic rings. The maximum absolute atomic E-state index is 12.9. The van der Waals surface area contributed by atoms with Gasteiger partial charge in [-0.15, -0.1) is 0 Å². The second kappa shape index (κ2) is 9.97. The Bertz CT molecular complexity index is 972. The highest BCUT2D eigenvalue weighted by Crippen LogP contribution is 2.30. The van der Waals surface area contributed by atoms with Crippen LogP contribution in [-0.2, 0) is 22.4 Å². The molecule has 0 radical (unpaired) electrons. The lowest BCUT2D eigenvalue weighted by atomic mass is 10.1. The number of benzene rings is 2. The molecule has 0 aliphatic carbocycles. The zero-order valence-corrected chi connectivity index (χ0v) is 17.9. The third kappa shape index (κ3) is 7.05. The van der Waals surface area contributed by atoms with Crippen LogP contribution in [0.15, 0.2) is 58.4 Å². The van der Waals surface area contributed by atoms with Crippen LogP contribution in [-0.4, -0.2) is 33.7 Å². The van der Waals surface area contributed by atoms with E-state index in [9.17, 15) is 21.6 Å². The minimum Gasteiger partial charge on any atom is -0.357 e. The van der Waals surface area contributed by atoms with E-state index in [1.807, 2.05) is 6.92 Å². The van der Waals surface area contributed by atoms with Gasteiger partial charge in [-0.2, -0.15) is 13.2 Å². The molecule has 2 aromatic carbocycles. The second-order valence-electron chi connectivity index (χ2n) is 6.92. The largest absolute Gasteiger partial charge is 0.416 e. The number of alkyl halides is 3. The van der Waals surface area contributed by atoms with Crippen molar-refractivity contribution < 1.29 is 21.6 Å². The third-order valence-electron chi connectivity index (χ3n) is 4.43. The van der Waals surface area contributed by atoms with Gasteiger partial charge in [-0.25, -0.2) is 8.42 Å². The molecule has 2 N–H and O–H groups in total. The molecule has 5 nitrogen and oxygen atoms in total. The summed E-state index contributed by atoms with van der Waals surface area (Å²) < 4.78 is 61.9. The number of nitrogens with zero attached hydrogens (tertiary/aromatic N) is 1. The van der Waals surface area contributed by atoms with Crippen LogP contribution in [0.1, 0.15) is 36.6 Å². The van der Waals surface area contributed by atoms with Crippen LogP contribution < -0.4 is 10.6 Å². The smallest absolute Gasteiger partial charge is 0.357 e. The molecule has 30 heavy (non-hydrogen) atoms. The number of halogens is 3. The van der Waals surface area contributed by atoms with Gasteiger partial charge in [0.1, 0.15) is 0 Å². The van der Waals surface area contributed by atoms with E-state index < -0.39 is 21.6 Å². The van der Waals surface area contributed by atoms with Gasteiger partial charge in [0.05, 0.1) is 16.5 Å². The summed E-state index contributed by atoms with van der Waals surface area (Å²) >= 11 is 0. The maximum Gasteiger partial charge on any atom is 0.416 e. The number of sulfone groups is 1. The van der Waals surface area contributed by atoms with E-state index in [2.05, 4.69) is 15.6 Å². The fourth-order valence-electron chi connectivity index (χ4n) is 2.79. The molecule has 0 spiro atoms. The SMILES string of the molecule is CCNC(=NCCc1ccc(S(C)(=O)=O)cc1)NC(C)c1cccc(C(F)(F)F)c1. The predicted octanol–water partition coefficient (Wildman–Crippen LogP) is 3.97. The first-order valence-electron chi connectivity index (χ1n) is 9.51. The van der Waals surface area contributed by atoms with E-state index >= 15 is 0 Å². The Labute approximate surface area is 175 Å². The van der Waals surface area contributed by atoms with Crippen LogP contribution in [0.3, 0.4) is 0 Å². The summed E-state index contributed by atoms with van der Waals surface area (Å²) in [7, 11) is -3.23. The summed E-state index contributed by atoms with van der Waals surface area (Å²) in [6.45, 7) is 4.70. The van der Waals surface area contributed by atoms with Crippen LogP contribution in [0, 0.1) is 0 Å². The molecular weight excluding hydrogens is 415 g/mol. The molecular formula is C21H26F3N3O2S. The molecule has 0 bridgehead atoms. The van der Waals surface area contributed by atoms with Gasteiger partial charge in [0.15, 0.2) is 15.8 Å². The van der Waals surface area contributed by atoms with E-state index in [1.54, 1.807) is 37.3 Å². The molecule has 1 atom stereocenters. The van der Waals surface area contributed by atoms with Gasteiger partial charge in [-0.1, -0.05) is 24.3 Å². The Morgan fingerprint density at radius 1 is 1.13 bits per heavy atom. The van der Waals surface area contributed by atoms with E-state index in [0.717, 1.165) is 24.0 Å². The minimum atomic E-state index is -4.39. The van der Waals surface area contributed by atoms with E-state index in [4.69, 9.17) is 0 Å². The number of aliphatic imine (C=N–C) groups is 1. The fraction of sp³-hybridized carbons (Fsp3) is 0.381. The quantitative estimate of drug-likeness (QED) is 0.504. The highest BCUT2D eigenvalue weighted by molar-refractivity contribution is 7.90. The average molecular weight is 442 g/mol. The number of guanidine groups is 1. The number of hydrogen-bond acceptors (Lipinski definition) is 3. The molecule has 0 heterocycles. The molecule has 2 rings (SSSR count). The predicted molar refractivity (Wildman–Crippen MR) is 112 cm³/mol. The molecule has 1 unspecified atom stereocenters. The topological polar surface area (TPSA) is 70.6 Å². The first-order valence-corrected chi connectivity index (χ1v) is 11.4. The monoisotopic (exact) mass is 441 g/mol. The van der Waals surface area contributed by atoms with Crippen molar-refractivity contribution in [2.24, 2.45) is 4.99 Å². The molecule has 164 valence electrons. The van der Waals surface area contributed by atoms with Crippen molar-refractivity contribution in [1.29, 1.82) is 0 Å². The number of rotatable bonds is 7. The van der Waals surface area contributed by atoms with Gasteiger partial charge in [0.2, 0.25) is 0 Å². The summed E-state index contributed by atoms with van der Waals surface area (Å²) in [6.07, 6.45) is -2.63. The highest BCUT2D eigenvalue weighted by Gasteiger charge is 2.30. The zero-order chi connectivity index (χ0) is 22.4. The Kier molecular flexibility index (Phi) is 7.89. The minimum absolute atomic E-state index is 0.264. The summed E-state index contributed by atoms with van der Waals surface area (Å²) in [6, 6.07) is 11.4. The van der Waals surface area contributed by atoms with E-state index in [1.165, 1.54) is 6.07 Å². The molecule has 0 amide bonds. The van der Waals surface area contributed by atoms with Crippen molar-refractivity contribution in [3.8, 4) is 0 Å². The van der Waals surface area contributed by atoms with Crippen LogP contribution in [0.25, 0.3) is 0 Å². The molecule has 0 saturated carbocycles. The van der Waals surface area contributed by atoms with Crippen LogP contribution in [0.2, 0.25) is 0 Å². The van der Waals surface area contributed by atoms with Crippen molar-refractivity contribution in [2.45, 2.75) is 37.4 Å². The highest BCUT2D eigenvalue weighted by atomic mass is 32.2. The first kappa shape index (κ1) is 23.7. The number of hydrogen-bond donors (Lipinski definition) is 2. The summed E-state index contributed by atoms with van der Waals surface area (Å²) in [5, 5.41) is 6.20. The van der Waals surface area contributed by atoms with Crippen molar-refractivity contribution >= 4 is 15.8 Å². The molecule has 0 aromatic heterocycles. The average Bonchev–Trinajstić information content (AvgIpc) is 2.67. The Balaban J connectivity index is 2.04. The van der Waals surface area contributed by atoms with Crippen LogP contribution >= 0.6 is 0 Å². The Morgan fingerprint density at radius 2 is 1.80 bits per heavy atom. The van der Waals surface area contributed by atoms with Crippen molar-refractivity contribution in [2.75, 3.05) is 19.3 Å². The molecule has 0 aliphatic heterocycles. The lowest BCUT2D eigenvalue weighted by Gasteiger charge is -2.19. The van der Waals surface area contributed by atoms with E-state index in [0.29, 0.717) is 31.0 Å². The molecule has 9 heteroatoms. The summed E-state index contributed by atoms with van der Waals surface area (Å²) in [4.78, 5) is 4.73. The lowest BCUT2D eigenvalue weighted by molar-refractivity contribution is -0.137. The third-order valence-corrected chi connectivity index (χ3v) is 5.56. The molecule has 0 saturated heterocycles. The maximum atomic E-state index is 12.9. The van der Waals surface area contributed by atoms with Gasteiger partial charge in [-0.05, 0) is 55.7 Å². The zero-order valence-electron chi connectivity index (χ0n) is 17.1. The normalized spacial score (nSPS) is 13.7. The summed E-state index contributed by atoms with van der Waals surface area (Å²) in [5.74, 6) is 0.496. The summed E-state index contributed by atoms with van der Waals surface area (Å²) in [5.41, 5.74) is 0.757.